The van der Waals surface area contributed by atoms with Gasteiger partial charge in [0.1, 0.15) is 11.7 Å². The van der Waals surface area contributed by atoms with Gasteiger partial charge in [-0.15, -0.1) is 0 Å². The number of aryl methyl sites for hydroxylation is 1. The summed E-state index contributed by atoms with van der Waals surface area (Å²) in [6.07, 6.45) is 9.48. The number of allylic oxidation sites excluding steroid dienone is 1. The summed E-state index contributed by atoms with van der Waals surface area (Å²) in [6.45, 7) is 4.68. The maximum atomic E-state index is 13.7. The molecule has 1 aliphatic heterocycles. The van der Waals surface area contributed by atoms with E-state index in [1.165, 1.54) is 6.42 Å². The number of amides is 1. The zero-order chi connectivity index (χ0) is 21.6. The van der Waals surface area contributed by atoms with Crippen LogP contribution in [-0.4, -0.2) is 52.3 Å². The average Bonchev–Trinajstić information content (AvgIpc) is 3.44. The zero-order valence-corrected chi connectivity index (χ0v) is 18.2. The fourth-order valence-corrected chi connectivity index (χ4v) is 5.46. The van der Waals surface area contributed by atoms with Crippen molar-refractivity contribution >= 4 is 17.6 Å². The number of amidine groups is 1. The Morgan fingerprint density at radius 2 is 2.03 bits per heavy atom. The van der Waals surface area contributed by atoms with Crippen molar-refractivity contribution in [2.45, 2.75) is 38.8 Å². The van der Waals surface area contributed by atoms with Crippen LogP contribution in [0.25, 0.3) is 0 Å². The maximum absolute atomic E-state index is 13.7. The highest BCUT2D eigenvalue weighted by molar-refractivity contribution is 6.09. The minimum absolute atomic E-state index is 0.0806. The van der Waals surface area contributed by atoms with Gasteiger partial charge in [-0.2, -0.15) is 0 Å². The fourth-order valence-electron chi connectivity index (χ4n) is 5.46. The second-order valence-corrected chi connectivity index (χ2v) is 8.79. The van der Waals surface area contributed by atoms with E-state index in [4.69, 9.17) is 0 Å². The SMILES string of the molecule is C/C=C\N=C(/NC)c1ccccc1C(=O)N1CC2CC23CC(Nc2cnc(C)cn2)C13. The number of nitrogens with one attached hydrogen (secondary N) is 2. The van der Waals surface area contributed by atoms with Gasteiger partial charge in [-0.25, -0.2) is 9.98 Å². The Morgan fingerprint density at radius 3 is 2.74 bits per heavy atom. The van der Waals surface area contributed by atoms with Gasteiger partial charge in [0.05, 0.1) is 29.7 Å². The Hall–Kier alpha value is -3.22. The number of aromatic nitrogens is 2. The molecule has 5 rings (SSSR count). The van der Waals surface area contributed by atoms with Crippen molar-refractivity contribution in [1.82, 2.24) is 20.2 Å². The molecule has 2 aromatic rings. The first kappa shape index (κ1) is 19.7. The van der Waals surface area contributed by atoms with Gasteiger partial charge in [0.15, 0.2) is 0 Å². The van der Waals surface area contributed by atoms with Crippen LogP contribution in [0.3, 0.4) is 0 Å². The summed E-state index contributed by atoms with van der Waals surface area (Å²) in [5, 5.41) is 6.66. The normalized spacial score (nSPS) is 28.7. The number of benzene rings is 1. The molecular weight excluding hydrogens is 388 g/mol. The molecule has 31 heavy (non-hydrogen) atoms. The van der Waals surface area contributed by atoms with Gasteiger partial charge in [-0.3, -0.25) is 9.78 Å². The number of hydrogen-bond acceptors (Lipinski definition) is 5. The van der Waals surface area contributed by atoms with E-state index in [1.54, 1.807) is 18.6 Å². The molecule has 7 nitrogen and oxygen atoms in total. The summed E-state index contributed by atoms with van der Waals surface area (Å²) >= 11 is 0. The summed E-state index contributed by atoms with van der Waals surface area (Å²) in [6, 6.07) is 8.14. The van der Waals surface area contributed by atoms with Crippen molar-refractivity contribution in [1.29, 1.82) is 0 Å². The number of hydrogen-bond donors (Lipinski definition) is 2. The third-order valence-corrected chi connectivity index (χ3v) is 6.98. The largest absolute Gasteiger partial charge is 0.373 e. The van der Waals surface area contributed by atoms with E-state index < -0.39 is 0 Å². The van der Waals surface area contributed by atoms with Gasteiger partial charge in [0.2, 0.25) is 0 Å². The molecule has 1 aromatic carbocycles. The molecule has 4 unspecified atom stereocenters. The first-order valence-electron chi connectivity index (χ1n) is 10.9. The molecule has 2 N–H and O–H groups in total. The second kappa shape index (κ2) is 7.48. The average molecular weight is 417 g/mol. The van der Waals surface area contributed by atoms with Gasteiger partial charge in [0.25, 0.3) is 5.91 Å². The van der Waals surface area contributed by atoms with Crippen molar-refractivity contribution < 1.29 is 4.79 Å². The number of carbonyl (C=O) groups excluding carboxylic acids is 1. The van der Waals surface area contributed by atoms with Crippen LogP contribution < -0.4 is 10.6 Å². The molecule has 1 spiro atoms. The van der Waals surface area contributed by atoms with Crippen LogP contribution >= 0.6 is 0 Å². The summed E-state index contributed by atoms with van der Waals surface area (Å²) in [5.74, 6) is 2.17. The highest BCUT2D eigenvalue weighted by Crippen LogP contribution is 2.71. The molecule has 3 fully saturated rings. The summed E-state index contributed by atoms with van der Waals surface area (Å²) < 4.78 is 0. The van der Waals surface area contributed by atoms with Crippen LogP contribution in [0.1, 0.15) is 41.4 Å². The van der Waals surface area contributed by atoms with Gasteiger partial charge >= 0.3 is 0 Å². The molecular formula is C24H28N6O. The Balaban J connectivity index is 1.41. The van der Waals surface area contributed by atoms with Gasteiger partial charge in [-0.1, -0.05) is 24.3 Å². The molecule has 1 aromatic heterocycles. The van der Waals surface area contributed by atoms with E-state index in [0.717, 1.165) is 30.0 Å². The van der Waals surface area contributed by atoms with E-state index in [0.29, 0.717) is 22.7 Å². The highest BCUT2D eigenvalue weighted by atomic mass is 16.2. The molecule has 2 heterocycles. The molecule has 3 aliphatic rings. The monoisotopic (exact) mass is 416 g/mol. The van der Waals surface area contributed by atoms with Crippen molar-refractivity contribution in [3.05, 3.63) is 65.8 Å². The summed E-state index contributed by atoms with van der Waals surface area (Å²) in [4.78, 5) is 29.1. The Morgan fingerprint density at radius 1 is 1.23 bits per heavy atom. The molecule has 2 aliphatic carbocycles. The molecule has 1 saturated heterocycles. The van der Waals surface area contributed by atoms with Crippen molar-refractivity contribution in [2.24, 2.45) is 16.3 Å². The summed E-state index contributed by atoms with van der Waals surface area (Å²) in [5.41, 5.74) is 2.71. The number of carbonyl (C=O) groups is 1. The number of aliphatic imine (C=N–C) groups is 1. The van der Waals surface area contributed by atoms with Gasteiger partial charge in [-0.05, 0) is 44.1 Å². The standard InChI is InChI=1S/C24H28N6O/c1-4-9-26-22(25-3)17-7-5-6-8-18(17)23(31)30-14-16-10-24(16)11-19(21(24)30)29-20-13-27-15(2)12-28-20/h4-9,12-13,16,19,21H,10-11,14H2,1-3H3,(H,25,26)(H,28,29)/b9-4-. The molecule has 0 radical (unpaired) electrons. The van der Waals surface area contributed by atoms with Crippen LogP contribution in [-0.2, 0) is 0 Å². The molecule has 7 heteroatoms. The number of rotatable bonds is 5. The molecule has 160 valence electrons. The Bertz CT molecular complexity index is 1060. The zero-order valence-electron chi connectivity index (χ0n) is 18.2. The van der Waals surface area contributed by atoms with Crippen LogP contribution in [0.2, 0.25) is 0 Å². The van der Waals surface area contributed by atoms with Gasteiger partial charge in [0, 0.05) is 31.4 Å². The molecule has 0 bridgehead atoms. The van der Waals surface area contributed by atoms with Crippen molar-refractivity contribution in [3.8, 4) is 0 Å². The molecule has 2 saturated carbocycles. The first-order valence-corrected chi connectivity index (χ1v) is 10.9. The van der Waals surface area contributed by atoms with Crippen LogP contribution in [0.4, 0.5) is 5.82 Å². The topological polar surface area (TPSA) is 82.5 Å². The second-order valence-electron chi connectivity index (χ2n) is 8.79. The third-order valence-electron chi connectivity index (χ3n) is 6.98. The number of nitrogens with zero attached hydrogens (tertiary/aromatic N) is 4. The lowest BCUT2D eigenvalue weighted by molar-refractivity contribution is 0.0471. The van der Waals surface area contributed by atoms with Crippen molar-refractivity contribution in [3.63, 3.8) is 0 Å². The van der Waals surface area contributed by atoms with E-state index in [-0.39, 0.29) is 18.0 Å². The van der Waals surface area contributed by atoms with E-state index in [1.807, 2.05) is 51.2 Å². The number of likely N-dealkylation sites (tertiary alicyclic amines) is 1. The maximum Gasteiger partial charge on any atom is 0.254 e. The number of piperidine rings is 1. The van der Waals surface area contributed by atoms with E-state index in [9.17, 15) is 4.79 Å². The smallest absolute Gasteiger partial charge is 0.254 e. The predicted molar refractivity (Wildman–Crippen MR) is 121 cm³/mol. The van der Waals surface area contributed by atoms with Crippen LogP contribution in [0, 0.1) is 18.3 Å². The van der Waals surface area contributed by atoms with Gasteiger partial charge < -0.3 is 15.5 Å². The van der Waals surface area contributed by atoms with Crippen molar-refractivity contribution in [2.75, 3.05) is 18.9 Å². The molecule has 4 atom stereocenters. The van der Waals surface area contributed by atoms with E-state index in [2.05, 4.69) is 30.5 Å². The van der Waals surface area contributed by atoms with Crippen LogP contribution in [0.5, 0.6) is 0 Å². The Labute approximate surface area is 182 Å². The van der Waals surface area contributed by atoms with E-state index >= 15 is 0 Å². The quantitative estimate of drug-likeness (QED) is 0.578. The lowest BCUT2D eigenvalue weighted by Gasteiger charge is -2.48. The minimum Gasteiger partial charge on any atom is -0.373 e. The lowest BCUT2D eigenvalue weighted by atomic mass is 9.71. The third kappa shape index (κ3) is 3.19. The minimum atomic E-state index is 0.0806. The molecule has 1 amide bonds. The highest BCUT2D eigenvalue weighted by Gasteiger charge is 2.75. The summed E-state index contributed by atoms with van der Waals surface area (Å²) in [7, 11) is 1.83. The first-order chi connectivity index (χ1) is 15.1. The number of anilines is 1. The lowest BCUT2D eigenvalue weighted by Crippen LogP contribution is -2.60. The van der Waals surface area contributed by atoms with Crippen LogP contribution in [0.15, 0.2) is 53.9 Å². The fraction of sp³-hybridized carbons (Fsp3) is 0.417. The Kier molecular flexibility index (Phi) is 4.76. The predicted octanol–water partition coefficient (Wildman–Crippen LogP) is 3.00.